The number of benzene rings is 3. The second-order valence-corrected chi connectivity index (χ2v) is 15.3. The smallest absolute Gasteiger partial charge is 0.338 e. The fourth-order valence-corrected chi connectivity index (χ4v) is 8.28. The predicted octanol–water partition coefficient (Wildman–Crippen LogP) is 6.95. The maximum atomic E-state index is 15.5. The van der Waals surface area contributed by atoms with Crippen LogP contribution in [0.15, 0.2) is 71.9 Å². The summed E-state index contributed by atoms with van der Waals surface area (Å²) in [5.41, 5.74) is 5.38. The van der Waals surface area contributed by atoms with Gasteiger partial charge in [-0.15, -0.1) is 0 Å². The van der Waals surface area contributed by atoms with Crippen LogP contribution in [0.2, 0.25) is 0 Å². The normalized spacial score (nSPS) is 17.1. The standard InChI is InChI=1S/C41H40F2N8O3/c1-23-14-29(15-24(2)37(23)43)51-38(50-12-11-49(40(50)53)36-18-28-21-44-47(5)35(28)19-31(36)42)30-22-48(10-8-33(30)46-51)39(52)34-17-27-16-25(6-7-32(27)45-34)26-9-13-54-41(3,4)20-26/h6-7,11-12,14-19,21,26,45H,8-10,13,20,22H2,1-5H3/t26-/m0/s1. The van der Waals surface area contributed by atoms with E-state index in [4.69, 9.17) is 9.84 Å². The van der Waals surface area contributed by atoms with E-state index >= 15 is 4.39 Å². The van der Waals surface area contributed by atoms with Crippen LogP contribution in [0.4, 0.5) is 8.78 Å². The van der Waals surface area contributed by atoms with E-state index in [2.05, 4.69) is 36.1 Å². The van der Waals surface area contributed by atoms with Gasteiger partial charge in [-0.1, -0.05) is 6.07 Å². The van der Waals surface area contributed by atoms with Crippen LogP contribution < -0.4 is 5.69 Å². The zero-order chi connectivity index (χ0) is 37.6. The number of aromatic nitrogens is 7. The number of fused-ring (bicyclic) bond motifs is 3. The van der Waals surface area contributed by atoms with Crippen molar-refractivity contribution < 1.29 is 18.3 Å². The molecule has 2 aliphatic heterocycles. The molecular formula is C41H40F2N8O3. The molecule has 1 N–H and O–H groups in total. The molecule has 6 heterocycles. The number of H-pyrrole nitrogens is 1. The molecule has 11 nitrogen and oxygen atoms in total. The Kier molecular flexibility index (Phi) is 7.79. The molecule has 0 saturated carbocycles. The van der Waals surface area contributed by atoms with Gasteiger partial charge in [0.25, 0.3) is 5.91 Å². The van der Waals surface area contributed by atoms with E-state index in [-0.39, 0.29) is 29.6 Å². The van der Waals surface area contributed by atoms with Gasteiger partial charge in [-0.25, -0.2) is 18.3 Å². The first-order chi connectivity index (χ1) is 25.8. The minimum absolute atomic E-state index is 0.0759. The number of imidazole rings is 1. The van der Waals surface area contributed by atoms with Crippen molar-refractivity contribution >= 4 is 27.7 Å². The van der Waals surface area contributed by atoms with Gasteiger partial charge in [0, 0.05) is 66.9 Å². The van der Waals surface area contributed by atoms with Crippen molar-refractivity contribution in [3.63, 3.8) is 0 Å². The highest BCUT2D eigenvalue weighted by molar-refractivity contribution is 5.98. The van der Waals surface area contributed by atoms with Crippen molar-refractivity contribution in [2.24, 2.45) is 7.05 Å². The fourth-order valence-electron chi connectivity index (χ4n) is 8.28. The van der Waals surface area contributed by atoms with Crippen molar-refractivity contribution in [2.45, 2.75) is 65.0 Å². The van der Waals surface area contributed by atoms with Gasteiger partial charge in [-0.3, -0.25) is 18.6 Å². The Morgan fingerprint density at radius 2 is 1.78 bits per heavy atom. The molecule has 13 heteroatoms. The lowest BCUT2D eigenvalue weighted by Crippen LogP contribution is -2.36. The van der Waals surface area contributed by atoms with Crippen LogP contribution in [-0.2, 0) is 24.8 Å². The molecule has 0 unspecified atom stereocenters. The van der Waals surface area contributed by atoms with Gasteiger partial charge in [-0.05, 0) is 99.5 Å². The zero-order valence-corrected chi connectivity index (χ0v) is 30.8. The molecule has 4 aromatic heterocycles. The molecule has 0 aliphatic carbocycles. The van der Waals surface area contributed by atoms with Crippen LogP contribution >= 0.6 is 0 Å². The maximum absolute atomic E-state index is 15.5. The SMILES string of the molecule is Cc1cc(-n2nc3c(c2-n2ccn(-c4cc5cnn(C)c5cc4F)c2=O)CN(C(=O)c2cc4cc([C@H]5CCOC(C)(C)C5)ccc4[nH]2)CC3)cc(C)c1F. The Morgan fingerprint density at radius 3 is 2.56 bits per heavy atom. The number of amides is 1. The summed E-state index contributed by atoms with van der Waals surface area (Å²) in [6.45, 7) is 8.92. The minimum atomic E-state index is -0.579. The molecule has 9 rings (SSSR count). The fraction of sp³-hybridized carbons (Fsp3) is 0.317. The van der Waals surface area contributed by atoms with Gasteiger partial charge < -0.3 is 14.6 Å². The maximum Gasteiger partial charge on any atom is 0.338 e. The number of hydrogen-bond donors (Lipinski definition) is 1. The first-order valence-corrected chi connectivity index (χ1v) is 18.2. The predicted molar refractivity (Wildman–Crippen MR) is 201 cm³/mol. The molecule has 0 bridgehead atoms. The quantitative estimate of drug-likeness (QED) is 0.206. The Labute approximate surface area is 309 Å². The van der Waals surface area contributed by atoms with Crippen molar-refractivity contribution in [2.75, 3.05) is 13.2 Å². The third kappa shape index (κ3) is 5.56. The van der Waals surface area contributed by atoms with Gasteiger partial charge in [0.15, 0.2) is 0 Å². The average Bonchev–Trinajstić information content (AvgIpc) is 3.92. The second kappa shape index (κ2) is 12.4. The molecule has 54 heavy (non-hydrogen) atoms. The van der Waals surface area contributed by atoms with Gasteiger partial charge in [-0.2, -0.15) is 10.2 Å². The topological polar surface area (TPSA) is 108 Å². The van der Waals surface area contributed by atoms with E-state index in [1.165, 1.54) is 27.0 Å². The summed E-state index contributed by atoms with van der Waals surface area (Å²) in [4.78, 5) is 33.6. The van der Waals surface area contributed by atoms with E-state index < -0.39 is 11.5 Å². The minimum Gasteiger partial charge on any atom is -0.376 e. The Bertz CT molecular complexity index is 2690. The van der Waals surface area contributed by atoms with E-state index in [1.54, 1.807) is 65.8 Å². The monoisotopic (exact) mass is 730 g/mol. The highest BCUT2D eigenvalue weighted by Gasteiger charge is 2.32. The van der Waals surface area contributed by atoms with Gasteiger partial charge in [0.05, 0.1) is 40.9 Å². The molecule has 1 atom stereocenters. The number of aryl methyl sites for hydroxylation is 3. The van der Waals surface area contributed by atoms with Gasteiger partial charge >= 0.3 is 5.69 Å². The van der Waals surface area contributed by atoms with Crippen LogP contribution in [0.3, 0.4) is 0 Å². The van der Waals surface area contributed by atoms with E-state index in [1.807, 2.05) is 12.1 Å². The summed E-state index contributed by atoms with van der Waals surface area (Å²) in [6, 6.07) is 14.6. The molecule has 1 saturated heterocycles. The van der Waals surface area contributed by atoms with Gasteiger partial charge in [0.1, 0.15) is 23.1 Å². The summed E-state index contributed by atoms with van der Waals surface area (Å²) in [5.74, 6) is -0.287. The van der Waals surface area contributed by atoms with Crippen molar-refractivity contribution in [1.29, 1.82) is 0 Å². The Balaban J connectivity index is 1.10. The Hall–Kier alpha value is -5.82. The highest BCUT2D eigenvalue weighted by atomic mass is 19.1. The number of carbonyl (C=O) groups excluding carboxylic acids is 1. The number of rotatable bonds is 5. The van der Waals surface area contributed by atoms with Crippen LogP contribution in [0.5, 0.6) is 0 Å². The number of ether oxygens (including phenoxy) is 1. The third-order valence-corrected chi connectivity index (χ3v) is 11.1. The summed E-state index contributed by atoms with van der Waals surface area (Å²) >= 11 is 0. The third-order valence-electron chi connectivity index (χ3n) is 11.1. The lowest BCUT2D eigenvalue weighted by atomic mass is 9.83. The van der Waals surface area contributed by atoms with E-state index in [9.17, 15) is 14.0 Å². The van der Waals surface area contributed by atoms with Crippen LogP contribution in [-0.4, -0.2) is 63.2 Å². The number of aromatic amines is 1. The summed E-state index contributed by atoms with van der Waals surface area (Å²) in [6.07, 6.45) is 7.03. The molecule has 1 amide bonds. The molecule has 7 aromatic rings. The first-order valence-electron chi connectivity index (χ1n) is 18.2. The van der Waals surface area contributed by atoms with Crippen molar-refractivity contribution in [1.82, 2.24) is 38.6 Å². The van der Waals surface area contributed by atoms with Gasteiger partial charge in [0.2, 0.25) is 0 Å². The van der Waals surface area contributed by atoms with Crippen LogP contribution in [0.25, 0.3) is 39.0 Å². The summed E-state index contributed by atoms with van der Waals surface area (Å²) in [5, 5.41) is 10.8. The zero-order valence-electron chi connectivity index (χ0n) is 30.8. The summed E-state index contributed by atoms with van der Waals surface area (Å²) < 4.78 is 42.2. The van der Waals surface area contributed by atoms with E-state index in [0.29, 0.717) is 63.7 Å². The lowest BCUT2D eigenvalue weighted by molar-refractivity contribution is -0.0592. The number of carbonyl (C=O) groups is 1. The lowest BCUT2D eigenvalue weighted by Gasteiger charge is -2.35. The molecule has 0 spiro atoms. The molecule has 2 aliphatic rings. The first kappa shape index (κ1) is 34.0. The number of nitrogens with one attached hydrogen (secondary N) is 1. The molecule has 276 valence electrons. The van der Waals surface area contributed by atoms with Crippen molar-refractivity contribution in [3.8, 4) is 17.2 Å². The number of halogens is 2. The van der Waals surface area contributed by atoms with Crippen LogP contribution in [0, 0.1) is 25.5 Å². The number of hydrogen-bond acceptors (Lipinski definition) is 5. The van der Waals surface area contributed by atoms with E-state index in [0.717, 1.165) is 36.0 Å². The van der Waals surface area contributed by atoms with Crippen molar-refractivity contribution in [3.05, 3.63) is 123 Å². The highest BCUT2D eigenvalue weighted by Crippen LogP contribution is 2.37. The van der Waals surface area contributed by atoms with Crippen LogP contribution in [0.1, 0.15) is 71.0 Å². The second-order valence-electron chi connectivity index (χ2n) is 15.3. The largest absolute Gasteiger partial charge is 0.376 e. The number of nitrogens with zero attached hydrogens (tertiary/aromatic N) is 7. The molecular weight excluding hydrogens is 690 g/mol. The molecule has 0 radical (unpaired) electrons. The average molecular weight is 731 g/mol. The summed E-state index contributed by atoms with van der Waals surface area (Å²) in [7, 11) is 1.73. The molecule has 1 fully saturated rings. The molecule has 3 aromatic carbocycles. The Morgan fingerprint density at radius 1 is 1.00 bits per heavy atom.